The molecule has 12 heteroatoms. The minimum absolute atomic E-state index is 0.00572. The first-order valence-electron chi connectivity index (χ1n) is 14.9. The number of ether oxygens (including phenoxy) is 1. The van der Waals surface area contributed by atoms with E-state index in [1.807, 2.05) is 65.5 Å². The monoisotopic (exact) mass is 626 g/mol. The lowest BCUT2D eigenvalue weighted by Crippen LogP contribution is -2.39. The van der Waals surface area contributed by atoms with Gasteiger partial charge in [0.1, 0.15) is 5.69 Å². The fourth-order valence-electron chi connectivity index (χ4n) is 5.07. The van der Waals surface area contributed by atoms with E-state index >= 15 is 0 Å². The van der Waals surface area contributed by atoms with Gasteiger partial charge in [-0.25, -0.2) is 5.10 Å². The van der Waals surface area contributed by atoms with Gasteiger partial charge in [0, 0.05) is 34.1 Å². The Balaban J connectivity index is 1.33. The molecule has 5 aromatic rings. The number of hydrogen-bond donors (Lipinski definition) is 2. The molecule has 2 N–H and O–H groups in total. The molecule has 1 unspecified atom stereocenters. The lowest BCUT2D eigenvalue weighted by molar-refractivity contribution is -0.147. The van der Waals surface area contributed by atoms with E-state index in [9.17, 15) is 9.59 Å². The third-order valence-electron chi connectivity index (χ3n) is 7.10. The van der Waals surface area contributed by atoms with E-state index in [2.05, 4.69) is 38.0 Å². The van der Waals surface area contributed by atoms with Crippen LogP contribution in [0.15, 0.2) is 72.9 Å². The van der Waals surface area contributed by atoms with Crippen LogP contribution in [0.25, 0.3) is 22.6 Å². The van der Waals surface area contributed by atoms with E-state index in [1.165, 1.54) is 0 Å². The summed E-state index contributed by atoms with van der Waals surface area (Å²) in [4.78, 5) is 30.8. The summed E-state index contributed by atoms with van der Waals surface area (Å²) < 4.78 is 7.19. The molecular formula is C33H35ClN8O3. The van der Waals surface area contributed by atoms with Gasteiger partial charge >= 0.3 is 5.97 Å². The smallest absolute Gasteiger partial charge is 0.308 e. The van der Waals surface area contributed by atoms with Crippen molar-refractivity contribution in [3.05, 3.63) is 100 Å². The summed E-state index contributed by atoms with van der Waals surface area (Å²) in [7, 11) is 0. The Morgan fingerprint density at radius 2 is 1.82 bits per heavy atom. The average Bonchev–Trinajstić information content (AvgIpc) is 3.69. The predicted molar refractivity (Wildman–Crippen MR) is 170 cm³/mol. The average molecular weight is 627 g/mol. The van der Waals surface area contributed by atoms with Gasteiger partial charge in [0.25, 0.3) is 5.91 Å². The summed E-state index contributed by atoms with van der Waals surface area (Å²) in [6.07, 6.45) is 3.55. The number of amides is 1. The van der Waals surface area contributed by atoms with Crippen LogP contribution in [0.4, 0.5) is 0 Å². The van der Waals surface area contributed by atoms with Crippen molar-refractivity contribution in [2.24, 2.45) is 0 Å². The second-order valence-corrected chi connectivity index (χ2v) is 11.4. The molecule has 2 aromatic carbocycles. The minimum atomic E-state index is -0.532. The Hall–Kier alpha value is -4.90. The number of halogens is 1. The fourth-order valence-corrected chi connectivity index (χ4v) is 5.29. The normalized spacial score (nSPS) is 11.8. The third kappa shape index (κ3) is 8.18. The Morgan fingerprint density at radius 1 is 1.04 bits per heavy atom. The van der Waals surface area contributed by atoms with Crippen molar-refractivity contribution in [2.75, 3.05) is 0 Å². The maximum Gasteiger partial charge on any atom is 0.308 e. The molecule has 45 heavy (non-hydrogen) atoms. The number of rotatable bonds is 13. The second-order valence-electron chi connectivity index (χ2n) is 11.0. The van der Waals surface area contributed by atoms with Gasteiger partial charge in [-0.15, -0.1) is 5.10 Å². The number of hydrogen-bond acceptors (Lipinski definition) is 8. The molecule has 0 aliphatic rings. The van der Waals surface area contributed by atoms with Gasteiger partial charge in [-0.2, -0.15) is 5.10 Å². The number of nitrogens with zero attached hydrogens (tertiary/aromatic N) is 6. The summed E-state index contributed by atoms with van der Waals surface area (Å²) in [6.45, 7) is 6.10. The first kappa shape index (κ1) is 31.5. The first-order valence-corrected chi connectivity index (χ1v) is 15.3. The molecule has 0 aliphatic carbocycles. The van der Waals surface area contributed by atoms with E-state index < -0.39 is 12.0 Å². The van der Waals surface area contributed by atoms with Crippen molar-refractivity contribution in [3.8, 4) is 22.6 Å². The molecule has 0 saturated heterocycles. The van der Waals surface area contributed by atoms with Crippen LogP contribution in [-0.2, 0) is 28.9 Å². The van der Waals surface area contributed by atoms with E-state index in [0.29, 0.717) is 23.8 Å². The molecule has 0 aliphatic heterocycles. The highest BCUT2D eigenvalue weighted by Crippen LogP contribution is 2.28. The number of benzene rings is 2. The quantitative estimate of drug-likeness (QED) is 0.164. The van der Waals surface area contributed by atoms with Gasteiger partial charge < -0.3 is 10.1 Å². The summed E-state index contributed by atoms with van der Waals surface area (Å²) in [5.41, 5.74) is 5.49. The Morgan fingerprint density at radius 3 is 2.51 bits per heavy atom. The topological polar surface area (TPSA) is 141 Å². The van der Waals surface area contributed by atoms with Gasteiger partial charge in [0.2, 0.25) is 0 Å². The van der Waals surface area contributed by atoms with E-state index in [0.717, 1.165) is 46.5 Å². The summed E-state index contributed by atoms with van der Waals surface area (Å²) >= 11 is 6.40. The lowest BCUT2D eigenvalue weighted by Gasteiger charge is -2.19. The van der Waals surface area contributed by atoms with Crippen molar-refractivity contribution < 1.29 is 14.3 Å². The number of nitrogens with one attached hydrogen (secondary N) is 2. The van der Waals surface area contributed by atoms with Gasteiger partial charge in [-0.1, -0.05) is 73.5 Å². The maximum atomic E-state index is 13.5. The first-order chi connectivity index (χ1) is 21.8. The minimum Gasteiger partial charge on any atom is -0.463 e. The number of aromatic nitrogens is 7. The number of tetrazole rings is 1. The van der Waals surface area contributed by atoms with Crippen molar-refractivity contribution in [3.63, 3.8) is 0 Å². The maximum absolute atomic E-state index is 13.5. The fraction of sp³-hybridized carbons (Fsp3) is 0.303. The molecule has 0 spiro atoms. The van der Waals surface area contributed by atoms with Gasteiger partial charge in [-0.3, -0.25) is 19.3 Å². The molecule has 1 atom stereocenters. The molecule has 3 aromatic heterocycles. The Kier molecular flexibility index (Phi) is 10.3. The highest BCUT2D eigenvalue weighted by atomic mass is 35.5. The molecule has 0 saturated carbocycles. The lowest BCUT2D eigenvalue weighted by atomic mass is 10.0. The zero-order valence-corrected chi connectivity index (χ0v) is 26.2. The van der Waals surface area contributed by atoms with Crippen LogP contribution in [0.2, 0.25) is 5.02 Å². The number of carbonyl (C=O) groups excluding carboxylic acids is 2. The standard InChI is InChI=1S/C33H35ClN8O3/c1-4-9-25-18-30(33(44)36-24(17-31(43)45-21(2)3)16-23-10-5-8-13-28(23)34)39-42(25)20-22-14-15-29(35-19-22)26-11-6-7-12-27(26)32-37-40-41-38-32/h5-8,10-15,18-19,21,24H,4,9,16-17,20H2,1-3H3,(H,36,44)(H,37,38,40,41). The van der Waals surface area contributed by atoms with Gasteiger partial charge in [0.05, 0.1) is 24.8 Å². The molecule has 11 nitrogen and oxygen atoms in total. The van der Waals surface area contributed by atoms with E-state index in [4.69, 9.17) is 21.3 Å². The Bertz CT molecular complexity index is 1740. The number of pyridine rings is 1. The number of H-pyrrole nitrogens is 1. The predicted octanol–water partition coefficient (Wildman–Crippen LogP) is 5.46. The molecule has 1 amide bonds. The molecular weight excluding hydrogens is 592 g/mol. The Labute approximate surface area is 266 Å². The summed E-state index contributed by atoms with van der Waals surface area (Å²) in [5, 5.41) is 22.5. The van der Waals surface area contributed by atoms with Crippen molar-refractivity contribution in [1.82, 2.24) is 40.7 Å². The SMILES string of the molecule is CCCc1cc(C(=O)NC(CC(=O)OC(C)C)Cc2ccccc2Cl)nn1Cc1ccc(-c2ccccc2-c2nnn[nH]2)nc1. The van der Waals surface area contributed by atoms with E-state index in [-0.39, 0.29) is 24.1 Å². The zero-order chi connectivity index (χ0) is 31.8. The molecule has 232 valence electrons. The van der Waals surface area contributed by atoms with Crippen LogP contribution in [0.3, 0.4) is 0 Å². The highest BCUT2D eigenvalue weighted by Gasteiger charge is 2.23. The zero-order valence-electron chi connectivity index (χ0n) is 25.4. The molecule has 3 heterocycles. The van der Waals surface area contributed by atoms with Crippen LogP contribution in [-0.4, -0.2) is 59.4 Å². The summed E-state index contributed by atoms with van der Waals surface area (Å²) in [6, 6.07) is 20.4. The van der Waals surface area contributed by atoms with Crippen LogP contribution < -0.4 is 5.32 Å². The van der Waals surface area contributed by atoms with Crippen molar-refractivity contribution in [2.45, 2.75) is 65.1 Å². The summed E-state index contributed by atoms with van der Waals surface area (Å²) in [5.74, 6) is -0.197. The van der Waals surface area contributed by atoms with Crippen molar-refractivity contribution in [1.29, 1.82) is 0 Å². The third-order valence-corrected chi connectivity index (χ3v) is 7.47. The molecule has 5 rings (SSSR count). The van der Waals surface area contributed by atoms with Crippen LogP contribution in [0.1, 0.15) is 60.9 Å². The molecule has 0 fully saturated rings. The van der Waals surface area contributed by atoms with Gasteiger partial charge in [0.15, 0.2) is 5.82 Å². The van der Waals surface area contributed by atoms with Gasteiger partial charge in [-0.05, 0) is 66.4 Å². The molecule has 0 radical (unpaired) electrons. The van der Waals surface area contributed by atoms with Crippen LogP contribution in [0, 0.1) is 0 Å². The van der Waals surface area contributed by atoms with E-state index in [1.54, 1.807) is 26.0 Å². The molecule has 0 bridgehead atoms. The number of esters is 1. The highest BCUT2D eigenvalue weighted by molar-refractivity contribution is 6.31. The number of carbonyl (C=O) groups is 2. The number of aryl methyl sites for hydroxylation is 1. The van der Waals surface area contributed by atoms with Crippen molar-refractivity contribution >= 4 is 23.5 Å². The van der Waals surface area contributed by atoms with Crippen LogP contribution >= 0.6 is 11.6 Å². The number of aromatic amines is 1. The van der Waals surface area contributed by atoms with Crippen LogP contribution in [0.5, 0.6) is 0 Å². The largest absolute Gasteiger partial charge is 0.463 e. The second kappa shape index (κ2) is 14.7.